The molecule has 0 spiro atoms. The van der Waals surface area contributed by atoms with E-state index in [1.807, 2.05) is 0 Å². The molecule has 0 radical (unpaired) electrons. The highest BCUT2D eigenvalue weighted by molar-refractivity contribution is 7.81. The minimum Gasteiger partial charge on any atom is -0.379 e. The quantitative estimate of drug-likeness (QED) is 0.699. The molecule has 0 saturated carbocycles. The van der Waals surface area contributed by atoms with Crippen LogP contribution in [0.2, 0.25) is 0 Å². The van der Waals surface area contributed by atoms with Gasteiger partial charge in [0.1, 0.15) is 5.75 Å². The van der Waals surface area contributed by atoms with Crippen molar-refractivity contribution in [3.05, 3.63) is 29.8 Å². The van der Waals surface area contributed by atoms with Gasteiger partial charge in [0.2, 0.25) is 0 Å². The van der Waals surface area contributed by atoms with Gasteiger partial charge in [-0.2, -0.15) is 8.42 Å². The molecule has 1 aromatic carbocycles. The summed E-state index contributed by atoms with van der Waals surface area (Å²) in [6, 6.07) is 6.53. The highest BCUT2D eigenvalue weighted by Gasteiger charge is 2.32. The van der Waals surface area contributed by atoms with Gasteiger partial charge in [-0.25, -0.2) is 0 Å². The Labute approximate surface area is 155 Å². The van der Waals surface area contributed by atoms with Crippen LogP contribution in [0, 0.1) is 5.41 Å². The molecule has 2 fully saturated rings. The van der Waals surface area contributed by atoms with Crippen molar-refractivity contribution in [1.82, 2.24) is 9.80 Å². The van der Waals surface area contributed by atoms with E-state index in [0.29, 0.717) is 5.41 Å². The molecule has 0 atom stereocenters. The van der Waals surface area contributed by atoms with Crippen molar-refractivity contribution in [2.45, 2.75) is 26.3 Å². The van der Waals surface area contributed by atoms with Gasteiger partial charge in [0.25, 0.3) is 0 Å². The molecular formula is C18H27FN2O4S. The molecule has 8 heteroatoms. The van der Waals surface area contributed by atoms with Gasteiger partial charge in [0.15, 0.2) is 0 Å². The average molecular weight is 386 g/mol. The lowest BCUT2D eigenvalue weighted by Gasteiger charge is -2.43. The van der Waals surface area contributed by atoms with E-state index in [1.54, 1.807) is 12.1 Å². The van der Waals surface area contributed by atoms with Crippen LogP contribution in [0.3, 0.4) is 0 Å². The highest BCUT2D eigenvalue weighted by atomic mass is 32.3. The molecular weight excluding hydrogens is 359 g/mol. The van der Waals surface area contributed by atoms with Crippen molar-refractivity contribution in [3.63, 3.8) is 0 Å². The molecule has 2 aliphatic rings. The van der Waals surface area contributed by atoms with E-state index in [1.165, 1.54) is 12.1 Å². The molecule has 0 bridgehead atoms. The number of hydrogen-bond acceptors (Lipinski definition) is 6. The number of ether oxygens (including phenoxy) is 1. The zero-order chi connectivity index (χ0) is 18.6. The third kappa shape index (κ3) is 5.90. The normalized spacial score (nSPS) is 22.2. The van der Waals surface area contributed by atoms with Crippen LogP contribution in [0.1, 0.15) is 25.3 Å². The topological polar surface area (TPSA) is 59.1 Å². The Kier molecular flexibility index (Phi) is 6.17. The lowest BCUT2D eigenvalue weighted by molar-refractivity contribution is 0.00306. The summed E-state index contributed by atoms with van der Waals surface area (Å²) in [4.78, 5) is 4.92. The summed E-state index contributed by atoms with van der Waals surface area (Å²) in [5, 5.41) is 0. The minimum atomic E-state index is -4.96. The maximum Gasteiger partial charge on any atom is 0.488 e. The average Bonchev–Trinajstić information content (AvgIpc) is 2.58. The standard InChI is InChI=1S/C18H27FN2O4S/c1-18(15-21-10-12-24-13-11-21)6-8-20(9-7-18)14-16-2-4-17(5-3-16)25-26(19,22)23/h2-5H,6-15H2,1H3. The maximum absolute atomic E-state index is 12.5. The van der Waals surface area contributed by atoms with E-state index in [9.17, 15) is 12.3 Å². The van der Waals surface area contributed by atoms with E-state index in [-0.39, 0.29) is 5.75 Å². The van der Waals surface area contributed by atoms with Crippen LogP contribution in [0.15, 0.2) is 24.3 Å². The third-order valence-corrected chi connectivity index (χ3v) is 5.69. The van der Waals surface area contributed by atoms with Crippen LogP contribution in [-0.2, 0) is 21.8 Å². The van der Waals surface area contributed by atoms with Crippen LogP contribution >= 0.6 is 0 Å². The fraction of sp³-hybridized carbons (Fsp3) is 0.667. The number of piperidine rings is 1. The molecule has 0 N–H and O–H groups in total. The van der Waals surface area contributed by atoms with Crippen LogP contribution in [0.5, 0.6) is 5.75 Å². The van der Waals surface area contributed by atoms with Crippen molar-refractivity contribution in [2.24, 2.45) is 5.41 Å². The Hall–Kier alpha value is -1.22. The summed E-state index contributed by atoms with van der Waals surface area (Å²) >= 11 is 0. The van der Waals surface area contributed by atoms with Gasteiger partial charge in [0.05, 0.1) is 13.2 Å². The molecule has 0 amide bonds. The molecule has 0 unspecified atom stereocenters. The van der Waals surface area contributed by atoms with E-state index in [2.05, 4.69) is 20.9 Å². The van der Waals surface area contributed by atoms with E-state index in [0.717, 1.165) is 70.9 Å². The van der Waals surface area contributed by atoms with Crippen molar-refractivity contribution in [2.75, 3.05) is 45.9 Å². The Balaban J connectivity index is 1.47. The highest BCUT2D eigenvalue weighted by Crippen LogP contribution is 2.32. The predicted octanol–water partition coefficient (Wildman–Crippen LogP) is 2.21. The van der Waals surface area contributed by atoms with Crippen molar-refractivity contribution < 1.29 is 21.2 Å². The van der Waals surface area contributed by atoms with Gasteiger partial charge >= 0.3 is 10.5 Å². The SMILES string of the molecule is CC1(CN2CCOCC2)CCN(Cc2ccc(OS(=O)(=O)F)cc2)CC1. The maximum atomic E-state index is 12.5. The van der Waals surface area contributed by atoms with Gasteiger partial charge in [-0.15, -0.1) is 0 Å². The van der Waals surface area contributed by atoms with Gasteiger partial charge in [-0.05, 0) is 49.0 Å². The number of hydrogen-bond donors (Lipinski definition) is 0. The molecule has 26 heavy (non-hydrogen) atoms. The zero-order valence-corrected chi connectivity index (χ0v) is 16.0. The second-order valence-corrected chi connectivity index (χ2v) is 8.55. The Morgan fingerprint density at radius 1 is 1.08 bits per heavy atom. The molecule has 0 aromatic heterocycles. The molecule has 2 heterocycles. The van der Waals surface area contributed by atoms with Crippen LogP contribution in [0.25, 0.3) is 0 Å². The van der Waals surface area contributed by atoms with Crippen LogP contribution in [0.4, 0.5) is 3.89 Å². The van der Waals surface area contributed by atoms with E-state index >= 15 is 0 Å². The molecule has 2 aliphatic heterocycles. The second-order valence-electron chi connectivity index (χ2n) is 7.60. The van der Waals surface area contributed by atoms with Crippen molar-refractivity contribution >= 4 is 10.5 Å². The number of nitrogens with zero attached hydrogens (tertiary/aromatic N) is 2. The Bertz CT molecular complexity index is 682. The third-order valence-electron chi connectivity index (χ3n) is 5.30. The molecule has 1 aromatic rings. The number of halogens is 1. The van der Waals surface area contributed by atoms with Crippen LogP contribution in [-0.4, -0.2) is 64.2 Å². The van der Waals surface area contributed by atoms with Crippen molar-refractivity contribution in [3.8, 4) is 5.75 Å². The molecule has 146 valence electrons. The minimum absolute atomic E-state index is 0.00650. The summed E-state index contributed by atoms with van der Waals surface area (Å²) in [5.74, 6) is -0.00650. The zero-order valence-electron chi connectivity index (χ0n) is 15.2. The second kappa shape index (κ2) is 8.21. The number of morpholine rings is 1. The molecule has 6 nitrogen and oxygen atoms in total. The summed E-state index contributed by atoms with van der Waals surface area (Å²) in [6.45, 7) is 10.1. The first-order chi connectivity index (χ1) is 12.3. The molecule has 3 rings (SSSR count). The lowest BCUT2D eigenvalue weighted by atomic mass is 9.79. The number of benzene rings is 1. The summed E-state index contributed by atoms with van der Waals surface area (Å²) in [7, 11) is -4.96. The first-order valence-corrected chi connectivity index (χ1v) is 10.4. The number of rotatable bonds is 6. The first-order valence-electron chi connectivity index (χ1n) is 9.07. The van der Waals surface area contributed by atoms with Crippen LogP contribution < -0.4 is 4.18 Å². The monoisotopic (exact) mass is 386 g/mol. The fourth-order valence-electron chi connectivity index (χ4n) is 3.73. The van der Waals surface area contributed by atoms with Gasteiger partial charge in [0, 0.05) is 26.2 Å². The van der Waals surface area contributed by atoms with Gasteiger partial charge in [-0.3, -0.25) is 9.80 Å². The largest absolute Gasteiger partial charge is 0.488 e. The summed E-state index contributed by atoms with van der Waals surface area (Å²) in [5.41, 5.74) is 1.41. The smallest absolute Gasteiger partial charge is 0.379 e. The predicted molar refractivity (Wildman–Crippen MR) is 97.0 cm³/mol. The summed E-state index contributed by atoms with van der Waals surface area (Å²) in [6.07, 6.45) is 2.32. The Morgan fingerprint density at radius 2 is 1.69 bits per heavy atom. The lowest BCUT2D eigenvalue weighted by Crippen LogP contribution is -2.47. The molecule has 2 saturated heterocycles. The number of likely N-dealkylation sites (tertiary alicyclic amines) is 1. The Morgan fingerprint density at radius 3 is 2.27 bits per heavy atom. The van der Waals surface area contributed by atoms with E-state index < -0.39 is 10.5 Å². The molecule has 0 aliphatic carbocycles. The van der Waals surface area contributed by atoms with Gasteiger partial charge < -0.3 is 8.92 Å². The first kappa shape index (κ1) is 19.5. The fourth-order valence-corrected chi connectivity index (χ4v) is 4.07. The van der Waals surface area contributed by atoms with Crippen molar-refractivity contribution in [1.29, 1.82) is 0 Å². The van der Waals surface area contributed by atoms with E-state index in [4.69, 9.17) is 4.74 Å². The summed E-state index contributed by atoms with van der Waals surface area (Å²) < 4.78 is 43.2. The van der Waals surface area contributed by atoms with Gasteiger partial charge in [-0.1, -0.05) is 22.9 Å².